The zero-order valence-electron chi connectivity index (χ0n) is 17.5. The van der Waals surface area contributed by atoms with Crippen molar-refractivity contribution in [2.75, 3.05) is 44.4 Å². The van der Waals surface area contributed by atoms with Gasteiger partial charge in [-0.25, -0.2) is 0 Å². The van der Waals surface area contributed by atoms with Crippen molar-refractivity contribution in [1.29, 1.82) is 0 Å². The molecule has 2 N–H and O–H groups in total. The highest BCUT2D eigenvalue weighted by Gasteiger charge is 2.54. The summed E-state index contributed by atoms with van der Waals surface area (Å²) in [7, 11) is 0. The van der Waals surface area contributed by atoms with Crippen LogP contribution in [0.4, 0.5) is 5.69 Å². The van der Waals surface area contributed by atoms with E-state index in [2.05, 4.69) is 28.2 Å². The maximum Gasteiger partial charge on any atom is 0.266 e. The molecule has 0 atom stereocenters. The predicted octanol–water partition coefficient (Wildman–Crippen LogP) is 0.356. The Morgan fingerprint density at radius 2 is 2.10 bits per heavy atom. The summed E-state index contributed by atoms with van der Waals surface area (Å²) in [5, 5.41) is 3.31. The Labute approximate surface area is 183 Å². The summed E-state index contributed by atoms with van der Waals surface area (Å²) in [6.07, 6.45) is 3.68. The molecule has 3 aliphatic heterocycles. The second-order valence-corrected chi connectivity index (χ2v) is 10.5. The first-order valence-electron chi connectivity index (χ1n) is 10.8. The van der Waals surface area contributed by atoms with Crippen molar-refractivity contribution in [3.63, 3.8) is 0 Å². The molecule has 3 fully saturated rings. The number of fused-ring (bicyclic) bond motifs is 1. The van der Waals surface area contributed by atoms with Crippen LogP contribution in [0, 0.1) is 5.41 Å². The maximum absolute atomic E-state index is 12.7. The molecule has 1 saturated carbocycles. The van der Waals surface area contributed by atoms with Gasteiger partial charge < -0.3 is 24.7 Å². The van der Waals surface area contributed by atoms with Crippen LogP contribution in [0.2, 0.25) is 0 Å². The molecule has 0 unspecified atom stereocenters. The van der Waals surface area contributed by atoms with Crippen LogP contribution in [0.15, 0.2) is 23.0 Å². The molecule has 0 bridgehead atoms. The van der Waals surface area contributed by atoms with Gasteiger partial charge in [0.1, 0.15) is 17.0 Å². The summed E-state index contributed by atoms with van der Waals surface area (Å²) < 4.78 is 12.6. The standard InChI is InChI=1S/C23H25N3O4S/c1-22(12-29-13-22)11-26-6-7-30-17-3-2-14(8-16(17)26)9-18-20(28)25-21(31-18)15-10-24-23(4-5-23)19(15)27/h2-3,8-9,24H,4-7,10-13H2,1H3,(H,25,28)/b18-9-,21-15+. The Morgan fingerprint density at radius 1 is 1.26 bits per heavy atom. The number of Topliss-reactive ketones (excluding diaryl/α,β-unsaturated/α-hetero) is 1. The Morgan fingerprint density at radius 3 is 2.81 bits per heavy atom. The smallest absolute Gasteiger partial charge is 0.266 e. The van der Waals surface area contributed by atoms with Gasteiger partial charge in [-0.1, -0.05) is 13.0 Å². The third-order valence-corrected chi connectivity index (χ3v) is 7.79. The number of carbonyl (C=O) groups excluding carboxylic acids is 1. The summed E-state index contributed by atoms with van der Waals surface area (Å²) in [4.78, 5) is 30.5. The van der Waals surface area contributed by atoms with Crippen molar-refractivity contribution in [1.82, 2.24) is 10.3 Å². The molecule has 1 aromatic carbocycles. The third kappa shape index (κ3) is 3.24. The van der Waals surface area contributed by atoms with Gasteiger partial charge in [-0.15, -0.1) is 11.3 Å². The average Bonchev–Trinajstić information content (AvgIpc) is 3.35. The highest BCUT2D eigenvalue weighted by molar-refractivity contribution is 7.07. The van der Waals surface area contributed by atoms with Crippen molar-refractivity contribution < 1.29 is 14.3 Å². The fourth-order valence-electron chi connectivity index (χ4n) is 4.70. The second kappa shape index (κ2) is 6.79. The van der Waals surface area contributed by atoms with E-state index in [9.17, 15) is 9.59 Å². The fraction of sp³-hybridized carbons (Fsp3) is 0.478. The molecule has 2 saturated heterocycles. The first kappa shape index (κ1) is 19.3. The summed E-state index contributed by atoms with van der Waals surface area (Å²) in [6.45, 7) is 6.78. The Balaban J connectivity index is 1.35. The maximum atomic E-state index is 12.7. The molecule has 6 rings (SSSR count). The number of aromatic nitrogens is 1. The molecular weight excluding hydrogens is 414 g/mol. The molecule has 2 aromatic rings. The number of hydrogen-bond donors (Lipinski definition) is 2. The first-order chi connectivity index (χ1) is 14.9. The van der Waals surface area contributed by atoms with Crippen LogP contribution in [0.1, 0.15) is 25.3 Å². The molecule has 1 spiro atoms. The summed E-state index contributed by atoms with van der Waals surface area (Å²) in [5.41, 5.74) is 2.39. The Bertz CT molecular complexity index is 1250. The van der Waals surface area contributed by atoms with E-state index in [1.54, 1.807) is 0 Å². The fourth-order valence-corrected chi connectivity index (χ4v) is 5.69. The Hall–Kier alpha value is -2.42. The van der Waals surface area contributed by atoms with E-state index in [0.717, 1.165) is 56.1 Å². The zero-order valence-corrected chi connectivity index (χ0v) is 18.3. The van der Waals surface area contributed by atoms with Gasteiger partial charge in [-0.3, -0.25) is 9.59 Å². The van der Waals surface area contributed by atoms with E-state index >= 15 is 0 Å². The number of anilines is 1. The zero-order chi connectivity index (χ0) is 21.2. The average molecular weight is 440 g/mol. The van der Waals surface area contributed by atoms with Gasteiger partial charge >= 0.3 is 0 Å². The number of hydrogen-bond acceptors (Lipinski definition) is 7. The second-order valence-electron chi connectivity index (χ2n) is 9.44. The number of aromatic amines is 1. The van der Waals surface area contributed by atoms with Gasteiger partial charge in [0, 0.05) is 24.1 Å². The van der Waals surface area contributed by atoms with Crippen LogP contribution >= 0.6 is 11.3 Å². The highest BCUT2D eigenvalue weighted by Crippen LogP contribution is 2.42. The highest BCUT2D eigenvalue weighted by atomic mass is 32.1. The van der Waals surface area contributed by atoms with Gasteiger partial charge in [0.05, 0.1) is 35.5 Å². The van der Waals surface area contributed by atoms with E-state index in [0.29, 0.717) is 27.9 Å². The SMILES string of the molecule is CC1(CN2CCOc3ccc(/C=c4\s/c(=C5\CNC6(CC6)C5=O)[nH]c4=O)cc32)COC1. The van der Waals surface area contributed by atoms with Crippen molar-refractivity contribution in [2.24, 2.45) is 5.41 Å². The number of ether oxygens (including phenoxy) is 2. The van der Waals surface area contributed by atoms with Crippen molar-refractivity contribution in [2.45, 2.75) is 25.3 Å². The van der Waals surface area contributed by atoms with Crippen LogP contribution in [-0.2, 0) is 9.53 Å². The molecule has 1 aliphatic carbocycles. The van der Waals surface area contributed by atoms with Crippen molar-refractivity contribution >= 4 is 34.5 Å². The normalized spacial score (nSPS) is 25.4. The summed E-state index contributed by atoms with van der Waals surface area (Å²) >= 11 is 1.36. The minimum absolute atomic E-state index is 0.145. The van der Waals surface area contributed by atoms with Crippen molar-refractivity contribution in [3.05, 3.63) is 43.3 Å². The molecule has 31 heavy (non-hydrogen) atoms. The number of carbonyl (C=O) groups is 1. The van der Waals surface area contributed by atoms with E-state index in [4.69, 9.17) is 9.47 Å². The summed E-state index contributed by atoms with van der Waals surface area (Å²) in [5.74, 6) is 1.02. The first-order valence-corrected chi connectivity index (χ1v) is 11.6. The lowest BCUT2D eigenvalue weighted by atomic mass is 9.87. The minimum atomic E-state index is -0.343. The topological polar surface area (TPSA) is 83.7 Å². The number of H-pyrrole nitrogens is 1. The molecule has 8 heteroatoms. The quantitative estimate of drug-likeness (QED) is 0.719. The van der Waals surface area contributed by atoms with E-state index in [-0.39, 0.29) is 22.3 Å². The van der Waals surface area contributed by atoms with E-state index in [1.807, 2.05) is 18.2 Å². The van der Waals surface area contributed by atoms with E-state index < -0.39 is 0 Å². The van der Waals surface area contributed by atoms with Crippen LogP contribution in [0.5, 0.6) is 5.75 Å². The van der Waals surface area contributed by atoms with Gasteiger partial charge in [0.15, 0.2) is 5.78 Å². The van der Waals surface area contributed by atoms with Gasteiger partial charge in [-0.2, -0.15) is 0 Å². The molecule has 4 heterocycles. The van der Waals surface area contributed by atoms with E-state index in [1.165, 1.54) is 11.3 Å². The van der Waals surface area contributed by atoms with Crippen LogP contribution < -0.4 is 29.7 Å². The van der Waals surface area contributed by atoms with Crippen molar-refractivity contribution in [3.8, 4) is 5.75 Å². The van der Waals surface area contributed by atoms with Crippen LogP contribution in [0.3, 0.4) is 0 Å². The number of thiazole rings is 1. The predicted molar refractivity (Wildman–Crippen MR) is 119 cm³/mol. The number of ketones is 1. The molecule has 7 nitrogen and oxygen atoms in total. The lowest BCUT2D eigenvalue weighted by molar-refractivity contribution is -0.115. The van der Waals surface area contributed by atoms with Crippen LogP contribution in [0.25, 0.3) is 11.6 Å². The lowest BCUT2D eigenvalue weighted by Crippen LogP contribution is -2.50. The largest absolute Gasteiger partial charge is 0.490 e. The Kier molecular flexibility index (Phi) is 4.22. The number of nitrogens with one attached hydrogen (secondary N) is 2. The van der Waals surface area contributed by atoms with Crippen LogP contribution in [-0.4, -0.2) is 55.8 Å². The molecule has 0 amide bonds. The molecule has 0 radical (unpaired) electrons. The lowest BCUT2D eigenvalue weighted by Gasteiger charge is -2.44. The van der Waals surface area contributed by atoms with Gasteiger partial charge in [0.2, 0.25) is 0 Å². The molecule has 162 valence electrons. The number of rotatable bonds is 3. The third-order valence-electron chi connectivity index (χ3n) is 6.71. The minimum Gasteiger partial charge on any atom is -0.490 e. The molecule has 4 aliphatic rings. The number of benzene rings is 1. The van der Waals surface area contributed by atoms with Gasteiger partial charge in [0.25, 0.3) is 5.56 Å². The summed E-state index contributed by atoms with van der Waals surface area (Å²) in [6, 6.07) is 6.04. The number of nitrogens with zero attached hydrogens (tertiary/aromatic N) is 1. The molecular formula is C23H25N3O4S. The van der Waals surface area contributed by atoms with Gasteiger partial charge in [-0.05, 0) is 36.6 Å². The molecule has 1 aromatic heterocycles. The monoisotopic (exact) mass is 439 g/mol.